The van der Waals surface area contributed by atoms with Crippen LogP contribution < -0.4 is 5.73 Å². The van der Waals surface area contributed by atoms with Gasteiger partial charge in [0.2, 0.25) is 0 Å². The summed E-state index contributed by atoms with van der Waals surface area (Å²) < 4.78 is 0.995. The largest absolute Gasteiger partial charge is 0.375 e. The maximum Gasteiger partial charge on any atom is 0.273 e. The van der Waals surface area contributed by atoms with Gasteiger partial charge >= 0.3 is 0 Å². The van der Waals surface area contributed by atoms with E-state index in [4.69, 9.17) is 5.73 Å². The number of carbonyl (C=O) groups is 1. The summed E-state index contributed by atoms with van der Waals surface area (Å²) in [4.78, 5) is 27.1. The van der Waals surface area contributed by atoms with E-state index in [1.54, 1.807) is 10.9 Å². The topological polar surface area (TPSA) is 85.0 Å². The van der Waals surface area contributed by atoms with Gasteiger partial charge < -0.3 is 10.6 Å². The lowest BCUT2D eigenvalue weighted by Gasteiger charge is -2.15. The number of aromatic nitrogens is 3. The van der Waals surface area contributed by atoms with Gasteiger partial charge in [-0.05, 0) is 18.6 Å². The standard InChI is InChI=1S/C14H13N5OS2/c15-14-18-12-11(22-14)2-1-9(17-12)8-3-4-19(5-8)13(20)10-6-21-7-16-10/h1-2,6-8H,3-5H2,(H2,15,17,18)/t8-/m0/s1. The fraction of sp³-hybridized carbons (Fsp3) is 0.286. The van der Waals surface area contributed by atoms with Gasteiger partial charge in [0.15, 0.2) is 10.8 Å². The third-order valence-corrected chi connectivity index (χ3v) is 5.26. The summed E-state index contributed by atoms with van der Waals surface area (Å²) in [7, 11) is 0. The molecule has 8 heteroatoms. The highest BCUT2D eigenvalue weighted by Crippen LogP contribution is 2.30. The Hall–Kier alpha value is -2.06. The molecule has 112 valence electrons. The van der Waals surface area contributed by atoms with Crippen LogP contribution in [0.25, 0.3) is 10.3 Å². The van der Waals surface area contributed by atoms with E-state index in [2.05, 4.69) is 15.0 Å². The van der Waals surface area contributed by atoms with Gasteiger partial charge in [-0.3, -0.25) is 4.79 Å². The molecule has 2 N–H and O–H groups in total. The molecule has 22 heavy (non-hydrogen) atoms. The van der Waals surface area contributed by atoms with Crippen molar-refractivity contribution in [1.29, 1.82) is 0 Å². The lowest BCUT2D eigenvalue weighted by Crippen LogP contribution is -2.28. The number of fused-ring (bicyclic) bond motifs is 1. The predicted molar refractivity (Wildman–Crippen MR) is 87.2 cm³/mol. The zero-order chi connectivity index (χ0) is 15.1. The summed E-state index contributed by atoms with van der Waals surface area (Å²) in [6.45, 7) is 1.41. The Morgan fingerprint density at radius 2 is 2.27 bits per heavy atom. The SMILES string of the molecule is Nc1nc2nc([C@H]3CCN(C(=O)c4cscn4)C3)ccc2s1. The number of carbonyl (C=O) groups excluding carboxylic acids is 1. The van der Waals surface area contributed by atoms with Crippen molar-refractivity contribution in [3.63, 3.8) is 0 Å². The van der Waals surface area contributed by atoms with E-state index < -0.39 is 0 Å². The number of nitrogens with two attached hydrogens (primary N) is 1. The number of amides is 1. The minimum Gasteiger partial charge on any atom is -0.375 e. The maximum absolute atomic E-state index is 12.3. The normalized spacial score (nSPS) is 18.2. The van der Waals surface area contributed by atoms with Crippen LogP contribution in [0.1, 0.15) is 28.5 Å². The molecule has 1 aliphatic rings. The quantitative estimate of drug-likeness (QED) is 0.779. The summed E-state index contributed by atoms with van der Waals surface area (Å²) in [5, 5.41) is 2.32. The molecule has 0 aliphatic carbocycles. The summed E-state index contributed by atoms with van der Waals surface area (Å²) >= 11 is 2.88. The van der Waals surface area contributed by atoms with Crippen molar-refractivity contribution in [2.45, 2.75) is 12.3 Å². The lowest BCUT2D eigenvalue weighted by atomic mass is 10.0. The van der Waals surface area contributed by atoms with Crippen molar-refractivity contribution < 1.29 is 4.79 Å². The minimum atomic E-state index is 0.00253. The summed E-state index contributed by atoms with van der Waals surface area (Å²) in [5.41, 5.74) is 9.61. The molecule has 1 saturated heterocycles. The molecule has 0 saturated carbocycles. The van der Waals surface area contributed by atoms with Crippen molar-refractivity contribution >= 4 is 44.1 Å². The molecule has 1 atom stereocenters. The van der Waals surface area contributed by atoms with Gasteiger partial charge in [-0.25, -0.2) is 15.0 Å². The Morgan fingerprint density at radius 1 is 1.36 bits per heavy atom. The Morgan fingerprint density at radius 3 is 3.09 bits per heavy atom. The minimum absolute atomic E-state index is 0.00253. The Labute approximate surface area is 134 Å². The van der Waals surface area contributed by atoms with Gasteiger partial charge in [0.25, 0.3) is 5.91 Å². The molecule has 4 rings (SSSR count). The van der Waals surface area contributed by atoms with Gasteiger partial charge in [-0.2, -0.15) is 0 Å². The van der Waals surface area contributed by atoms with Gasteiger partial charge in [0.05, 0.1) is 10.2 Å². The fourth-order valence-corrected chi connectivity index (χ4v) is 3.95. The van der Waals surface area contributed by atoms with Crippen molar-refractivity contribution in [2.24, 2.45) is 0 Å². The average Bonchev–Trinajstić information content (AvgIpc) is 3.25. The molecule has 1 fully saturated rings. The molecule has 3 aromatic heterocycles. The number of rotatable bonds is 2. The molecule has 4 heterocycles. The monoisotopic (exact) mass is 331 g/mol. The van der Waals surface area contributed by atoms with Crippen LogP contribution in [0.2, 0.25) is 0 Å². The van der Waals surface area contributed by atoms with E-state index in [-0.39, 0.29) is 11.8 Å². The Kier molecular flexibility index (Phi) is 3.27. The lowest BCUT2D eigenvalue weighted by molar-refractivity contribution is 0.0785. The van der Waals surface area contributed by atoms with Crippen LogP contribution >= 0.6 is 22.7 Å². The molecular weight excluding hydrogens is 318 g/mol. The Bertz CT molecular complexity index is 829. The molecule has 0 unspecified atom stereocenters. The van der Waals surface area contributed by atoms with Gasteiger partial charge in [-0.1, -0.05) is 11.3 Å². The van der Waals surface area contributed by atoms with E-state index in [0.29, 0.717) is 23.0 Å². The summed E-state index contributed by atoms with van der Waals surface area (Å²) in [6, 6.07) is 4.03. The van der Waals surface area contributed by atoms with Gasteiger partial charge in [0.1, 0.15) is 5.69 Å². The van der Waals surface area contributed by atoms with Gasteiger partial charge in [-0.15, -0.1) is 11.3 Å². The highest BCUT2D eigenvalue weighted by atomic mass is 32.1. The van der Waals surface area contributed by atoms with E-state index in [1.165, 1.54) is 22.7 Å². The number of nitrogens with zero attached hydrogens (tertiary/aromatic N) is 4. The van der Waals surface area contributed by atoms with Crippen LogP contribution in [0.15, 0.2) is 23.0 Å². The predicted octanol–water partition coefficient (Wildman–Crippen LogP) is 2.36. The first-order valence-corrected chi connectivity index (χ1v) is 8.67. The van der Waals surface area contributed by atoms with Crippen LogP contribution in [-0.4, -0.2) is 38.8 Å². The van der Waals surface area contributed by atoms with E-state index >= 15 is 0 Å². The van der Waals surface area contributed by atoms with Crippen molar-refractivity contribution in [3.05, 3.63) is 34.4 Å². The molecule has 0 bridgehead atoms. The number of thiazole rings is 2. The number of pyridine rings is 1. The molecule has 0 spiro atoms. The highest BCUT2D eigenvalue weighted by molar-refractivity contribution is 7.21. The van der Waals surface area contributed by atoms with E-state index in [9.17, 15) is 4.79 Å². The van der Waals surface area contributed by atoms with Gasteiger partial charge in [0, 0.05) is 30.1 Å². The number of anilines is 1. The second-order valence-electron chi connectivity index (χ2n) is 5.22. The van der Waals surface area contributed by atoms with Crippen LogP contribution in [0, 0.1) is 0 Å². The molecule has 1 amide bonds. The maximum atomic E-state index is 12.3. The molecule has 0 radical (unpaired) electrons. The van der Waals surface area contributed by atoms with Crippen molar-refractivity contribution in [2.75, 3.05) is 18.8 Å². The first-order chi connectivity index (χ1) is 10.7. The van der Waals surface area contributed by atoms with Crippen LogP contribution in [0.5, 0.6) is 0 Å². The Balaban J connectivity index is 1.55. The number of nitrogen functional groups attached to an aromatic ring is 1. The molecule has 0 aromatic carbocycles. The molecule has 6 nitrogen and oxygen atoms in total. The smallest absolute Gasteiger partial charge is 0.273 e. The van der Waals surface area contributed by atoms with Crippen LogP contribution in [0.3, 0.4) is 0 Å². The van der Waals surface area contributed by atoms with E-state index in [1.807, 2.05) is 17.0 Å². The zero-order valence-corrected chi connectivity index (χ0v) is 13.2. The van der Waals surface area contributed by atoms with Crippen molar-refractivity contribution in [3.8, 4) is 0 Å². The van der Waals surface area contributed by atoms with Crippen LogP contribution in [-0.2, 0) is 0 Å². The zero-order valence-electron chi connectivity index (χ0n) is 11.6. The van der Waals surface area contributed by atoms with Crippen LogP contribution in [0.4, 0.5) is 5.13 Å². The second-order valence-corrected chi connectivity index (χ2v) is 7.00. The molecular formula is C14H13N5OS2. The average molecular weight is 331 g/mol. The fourth-order valence-electron chi connectivity index (χ4n) is 2.74. The third kappa shape index (κ3) is 2.34. The van der Waals surface area contributed by atoms with Crippen molar-refractivity contribution in [1.82, 2.24) is 19.9 Å². The third-order valence-electron chi connectivity index (χ3n) is 3.84. The molecule has 1 aliphatic heterocycles. The highest BCUT2D eigenvalue weighted by Gasteiger charge is 2.29. The first kappa shape index (κ1) is 13.6. The molecule has 3 aromatic rings. The summed E-state index contributed by atoms with van der Waals surface area (Å²) in [5.74, 6) is 0.248. The number of likely N-dealkylation sites (tertiary alicyclic amines) is 1. The first-order valence-electron chi connectivity index (χ1n) is 6.91. The van der Waals surface area contributed by atoms with E-state index in [0.717, 1.165) is 23.4 Å². The number of hydrogen-bond donors (Lipinski definition) is 1. The number of hydrogen-bond acceptors (Lipinski definition) is 7. The second kappa shape index (κ2) is 5.29. The summed E-state index contributed by atoms with van der Waals surface area (Å²) in [6.07, 6.45) is 0.911.